The van der Waals surface area contributed by atoms with Gasteiger partial charge in [0.2, 0.25) is 0 Å². The number of benzene rings is 3. The van der Waals surface area contributed by atoms with Crippen LogP contribution in [-0.4, -0.2) is 42.0 Å². The van der Waals surface area contributed by atoms with Crippen LogP contribution in [-0.2, 0) is 0 Å². The lowest BCUT2D eigenvalue weighted by molar-refractivity contribution is -0.274. The van der Waals surface area contributed by atoms with E-state index in [2.05, 4.69) is 9.64 Å². The van der Waals surface area contributed by atoms with Gasteiger partial charge in [-0.15, -0.1) is 13.2 Å². The zero-order valence-corrected chi connectivity index (χ0v) is 19.7. The standard InChI is InChI=1S/C28H25F4NO4/c29-24-13-25(22(18-9-10-18)12-23(24)27(34)35)36-16-17-14-33(15-17)26(19-5-2-1-3-6-19)20-7-4-8-21(11-20)37-28(30,31)32/h1-8,11-13,17-18,26H,9-10,14-16H2,(H,34,35). The first-order valence-corrected chi connectivity index (χ1v) is 12.0. The molecule has 1 unspecified atom stereocenters. The molecule has 1 aliphatic carbocycles. The monoisotopic (exact) mass is 515 g/mol. The molecule has 1 N–H and O–H groups in total. The van der Waals surface area contributed by atoms with Gasteiger partial charge in [0.1, 0.15) is 17.3 Å². The highest BCUT2D eigenvalue weighted by Crippen LogP contribution is 2.45. The van der Waals surface area contributed by atoms with Gasteiger partial charge >= 0.3 is 12.3 Å². The van der Waals surface area contributed by atoms with Crippen molar-refractivity contribution in [2.45, 2.75) is 31.2 Å². The summed E-state index contributed by atoms with van der Waals surface area (Å²) in [6, 6.07) is 17.8. The molecular weight excluding hydrogens is 490 g/mol. The van der Waals surface area contributed by atoms with Gasteiger partial charge < -0.3 is 14.6 Å². The summed E-state index contributed by atoms with van der Waals surface area (Å²) in [5.74, 6) is -1.73. The molecule has 3 aromatic carbocycles. The molecule has 3 aromatic rings. The molecule has 9 heteroatoms. The summed E-state index contributed by atoms with van der Waals surface area (Å²) < 4.78 is 62.7. The third-order valence-electron chi connectivity index (χ3n) is 6.69. The number of carboxylic acid groups (broad SMARTS) is 1. The SMILES string of the molecule is O=C(O)c1cc(C2CC2)c(OCC2CN(C(c3ccccc3)c3cccc(OC(F)(F)F)c3)C2)cc1F. The number of carboxylic acids is 1. The molecule has 0 radical (unpaired) electrons. The zero-order valence-electron chi connectivity index (χ0n) is 19.7. The molecule has 0 aromatic heterocycles. The third-order valence-corrected chi connectivity index (χ3v) is 6.69. The molecule has 5 nitrogen and oxygen atoms in total. The van der Waals surface area contributed by atoms with E-state index in [0.717, 1.165) is 30.0 Å². The first-order chi connectivity index (χ1) is 17.7. The molecule has 5 rings (SSSR count). The third kappa shape index (κ3) is 5.88. The van der Waals surface area contributed by atoms with Crippen molar-refractivity contribution >= 4 is 5.97 Å². The Hall–Kier alpha value is -3.59. The highest BCUT2D eigenvalue weighted by molar-refractivity contribution is 5.88. The van der Waals surface area contributed by atoms with Gasteiger partial charge in [0.05, 0.1) is 18.2 Å². The van der Waals surface area contributed by atoms with Gasteiger partial charge in [-0.3, -0.25) is 4.90 Å². The van der Waals surface area contributed by atoms with Crippen LogP contribution in [0.4, 0.5) is 17.6 Å². The van der Waals surface area contributed by atoms with E-state index in [0.29, 0.717) is 31.0 Å². The second kappa shape index (κ2) is 10.0. The number of nitrogens with zero attached hydrogens (tertiary/aromatic N) is 1. The van der Waals surface area contributed by atoms with Gasteiger partial charge in [-0.05, 0) is 53.6 Å². The van der Waals surface area contributed by atoms with E-state index in [-0.39, 0.29) is 29.2 Å². The molecule has 1 saturated carbocycles. The van der Waals surface area contributed by atoms with Crippen molar-refractivity contribution in [3.05, 3.63) is 94.8 Å². The Morgan fingerprint density at radius 3 is 2.35 bits per heavy atom. The predicted octanol–water partition coefficient (Wildman–Crippen LogP) is 6.40. The van der Waals surface area contributed by atoms with Crippen LogP contribution in [0.3, 0.4) is 0 Å². The van der Waals surface area contributed by atoms with Crippen LogP contribution in [0.5, 0.6) is 11.5 Å². The Labute approximate surface area is 211 Å². The Balaban J connectivity index is 1.29. The average Bonchev–Trinajstić information content (AvgIpc) is 3.65. The topological polar surface area (TPSA) is 59.0 Å². The maximum Gasteiger partial charge on any atom is 0.573 e. The number of carbonyl (C=O) groups is 1. The summed E-state index contributed by atoms with van der Waals surface area (Å²) in [7, 11) is 0. The van der Waals surface area contributed by atoms with Gasteiger partial charge in [0, 0.05) is 25.1 Å². The zero-order chi connectivity index (χ0) is 26.2. The van der Waals surface area contributed by atoms with Gasteiger partial charge in [0.25, 0.3) is 0 Å². The van der Waals surface area contributed by atoms with Crippen LogP contribution in [0.2, 0.25) is 0 Å². The lowest BCUT2D eigenvalue weighted by Gasteiger charge is -2.44. The van der Waals surface area contributed by atoms with E-state index >= 15 is 0 Å². The van der Waals surface area contributed by atoms with E-state index in [1.165, 1.54) is 18.2 Å². The largest absolute Gasteiger partial charge is 0.573 e. The molecular formula is C28H25F4NO4. The van der Waals surface area contributed by atoms with Crippen LogP contribution < -0.4 is 9.47 Å². The minimum Gasteiger partial charge on any atom is -0.493 e. The Bertz CT molecular complexity index is 1270. The second-order valence-corrected chi connectivity index (χ2v) is 9.51. The normalized spacial score (nSPS) is 17.2. The van der Waals surface area contributed by atoms with Crippen molar-refractivity contribution < 1.29 is 36.9 Å². The van der Waals surface area contributed by atoms with Gasteiger partial charge in [-0.1, -0.05) is 42.5 Å². The quantitative estimate of drug-likeness (QED) is 0.334. The fraction of sp³-hybridized carbons (Fsp3) is 0.321. The van der Waals surface area contributed by atoms with Crippen LogP contribution in [0.25, 0.3) is 0 Å². The number of halogens is 4. The lowest BCUT2D eigenvalue weighted by Crippen LogP contribution is -2.51. The van der Waals surface area contributed by atoms with Crippen molar-refractivity contribution in [3.8, 4) is 11.5 Å². The van der Waals surface area contributed by atoms with E-state index in [4.69, 9.17) is 4.74 Å². The highest BCUT2D eigenvalue weighted by atomic mass is 19.4. The Morgan fingerprint density at radius 1 is 1.00 bits per heavy atom. The summed E-state index contributed by atoms with van der Waals surface area (Å²) in [5, 5.41) is 9.24. The van der Waals surface area contributed by atoms with Crippen molar-refractivity contribution in [3.63, 3.8) is 0 Å². The van der Waals surface area contributed by atoms with Crippen LogP contribution in [0, 0.1) is 11.7 Å². The molecule has 0 bridgehead atoms. The van der Waals surface area contributed by atoms with E-state index in [9.17, 15) is 27.5 Å². The Morgan fingerprint density at radius 2 is 1.70 bits per heavy atom. The Kier molecular flexibility index (Phi) is 6.81. The minimum absolute atomic E-state index is 0.120. The molecule has 2 fully saturated rings. The molecule has 194 valence electrons. The van der Waals surface area contributed by atoms with E-state index in [1.54, 1.807) is 12.1 Å². The second-order valence-electron chi connectivity index (χ2n) is 9.51. The van der Waals surface area contributed by atoms with E-state index in [1.807, 2.05) is 30.3 Å². The predicted molar refractivity (Wildman–Crippen MR) is 127 cm³/mol. The number of hydrogen-bond donors (Lipinski definition) is 1. The summed E-state index contributed by atoms with van der Waals surface area (Å²) in [6.07, 6.45) is -2.95. The van der Waals surface area contributed by atoms with E-state index < -0.39 is 18.1 Å². The molecule has 0 spiro atoms. The van der Waals surface area contributed by atoms with Crippen LogP contribution in [0.1, 0.15) is 51.8 Å². The summed E-state index contributed by atoms with van der Waals surface area (Å²) in [6.45, 7) is 1.57. The summed E-state index contributed by atoms with van der Waals surface area (Å²) >= 11 is 0. The first kappa shape index (κ1) is 25.1. The number of hydrogen-bond acceptors (Lipinski definition) is 4. The van der Waals surface area contributed by atoms with Gasteiger partial charge in [-0.25, -0.2) is 9.18 Å². The van der Waals surface area contributed by atoms with Gasteiger partial charge in [-0.2, -0.15) is 0 Å². The minimum atomic E-state index is -4.78. The molecule has 37 heavy (non-hydrogen) atoms. The maximum absolute atomic E-state index is 14.3. The molecule has 1 aliphatic heterocycles. The van der Waals surface area contributed by atoms with Gasteiger partial charge in [0.15, 0.2) is 0 Å². The summed E-state index contributed by atoms with van der Waals surface area (Å²) in [4.78, 5) is 13.5. The highest BCUT2D eigenvalue weighted by Gasteiger charge is 2.36. The maximum atomic E-state index is 14.3. The molecule has 0 amide bonds. The number of ether oxygens (including phenoxy) is 2. The average molecular weight is 516 g/mol. The molecule has 1 atom stereocenters. The molecule has 1 heterocycles. The fourth-order valence-corrected chi connectivity index (χ4v) is 4.84. The summed E-state index contributed by atoms with van der Waals surface area (Å²) in [5.41, 5.74) is 1.98. The fourth-order valence-electron chi connectivity index (χ4n) is 4.84. The number of rotatable bonds is 9. The van der Waals surface area contributed by atoms with Crippen molar-refractivity contribution in [1.29, 1.82) is 0 Å². The number of aromatic carboxylic acids is 1. The molecule has 1 saturated heterocycles. The van der Waals surface area contributed by atoms with Crippen LogP contribution in [0.15, 0.2) is 66.7 Å². The molecule has 2 aliphatic rings. The van der Waals surface area contributed by atoms with Crippen molar-refractivity contribution in [2.24, 2.45) is 5.92 Å². The van der Waals surface area contributed by atoms with Crippen molar-refractivity contribution in [1.82, 2.24) is 4.90 Å². The number of likely N-dealkylation sites (tertiary alicyclic amines) is 1. The first-order valence-electron chi connectivity index (χ1n) is 12.0. The van der Waals surface area contributed by atoms with Crippen LogP contribution >= 0.6 is 0 Å². The lowest BCUT2D eigenvalue weighted by atomic mass is 9.90. The number of alkyl halides is 3. The van der Waals surface area contributed by atoms with Crippen molar-refractivity contribution in [2.75, 3.05) is 19.7 Å². The smallest absolute Gasteiger partial charge is 0.493 e.